The van der Waals surface area contributed by atoms with Gasteiger partial charge in [0.05, 0.1) is 5.56 Å². The van der Waals surface area contributed by atoms with Crippen molar-refractivity contribution in [2.24, 2.45) is 5.41 Å². The normalized spacial score (nSPS) is 22.2. The van der Waals surface area contributed by atoms with Gasteiger partial charge in [-0.2, -0.15) is 13.2 Å². The Kier molecular flexibility index (Phi) is 6.79. The summed E-state index contributed by atoms with van der Waals surface area (Å²) in [6.45, 7) is 3.82. The summed E-state index contributed by atoms with van der Waals surface area (Å²) in [7, 11) is 0. The fraction of sp³-hybridized carbons (Fsp3) is 0.667. The predicted octanol–water partition coefficient (Wildman–Crippen LogP) is 4.32. The van der Waals surface area contributed by atoms with Crippen molar-refractivity contribution in [2.75, 3.05) is 44.2 Å². The molecule has 1 aromatic rings. The van der Waals surface area contributed by atoms with E-state index in [2.05, 4.69) is 4.90 Å². The van der Waals surface area contributed by atoms with Crippen LogP contribution in [0.5, 0.6) is 0 Å². The molecule has 2 heterocycles. The van der Waals surface area contributed by atoms with E-state index in [0.717, 1.165) is 51.1 Å². The molecule has 2 saturated heterocycles. The lowest BCUT2D eigenvalue weighted by molar-refractivity contribution is -0.153. The Morgan fingerprint density at radius 3 is 2.06 bits per heavy atom. The highest BCUT2D eigenvalue weighted by atomic mass is 19.4. The maximum absolute atomic E-state index is 13.3. The molecule has 0 radical (unpaired) electrons. The lowest BCUT2D eigenvalue weighted by atomic mass is 9.76. The molecule has 0 unspecified atom stereocenters. The molecule has 8 heteroatoms. The van der Waals surface area contributed by atoms with Crippen molar-refractivity contribution in [1.82, 2.24) is 9.80 Å². The molecule has 0 atom stereocenters. The molecule has 32 heavy (non-hydrogen) atoms. The molecule has 4 rings (SSSR count). The van der Waals surface area contributed by atoms with Gasteiger partial charge in [-0.3, -0.25) is 19.4 Å². The summed E-state index contributed by atoms with van der Waals surface area (Å²) in [5.41, 5.74) is -0.389. The number of hydrogen-bond donors (Lipinski definition) is 0. The molecule has 0 N–H and O–H groups in total. The number of hydrogen-bond acceptors (Lipinski definition) is 4. The molecule has 1 aliphatic carbocycles. The average molecular weight is 452 g/mol. The fourth-order valence-corrected chi connectivity index (χ4v) is 5.57. The maximum atomic E-state index is 13.3. The second-order valence-electron chi connectivity index (χ2n) is 9.55. The second kappa shape index (κ2) is 9.41. The van der Waals surface area contributed by atoms with Gasteiger partial charge in [0.25, 0.3) is 0 Å². The first-order valence-electron chi connectivity index (χ1n) is 11.7. The summed E-state index contributed by atoms with van der Waals surface area (Å²) in [6, 6.07) is 5.75. The number of likely N-dealkylation sites (tertiary alicyclic amines) is 1. The van der Waals surface area contributed by atoms with Gasteiger partial charge < -0.3 is 4.90 Å². The van der Waals surface area contributed by atoms with Crippen LogP contribution in [0.2, 0.25) is 0 Å². The lowest BCUT2D eigenvalue weighted by Gasteiger charge is -2.38. The Hall–Kier alpha value is -2.09. The number of carbonyl (C=O) groups excluding carboxylic acids is 2. The Morgan fingerprint density at radius 1 is 0.844 bits per heavy atom. The zero-order chi connectivity index (χ0) is 22.8. The molecule has 0 bridgehead atoms. The highest BCUT2D eigenvalue weighted by Gasteiger charge is 2.44. The second-order valence-corrected chi connectivity index (χ2v) is 9.55. The third-order valence-corrected chi connectivity index (χ3v) is 7.35. The first-order valence-corrected chi connectivity index (χ1v) is 11.7. The van der Waals surface area contributed by atoms with Crippen LogP contribution < -0.4 is 4.90 Å². The van der Waals surface area contributed by atoms with Crippen LogP contribution in [0.1, 0.15) is 56.9 Å². The van der Waals surface area contributed by atoms with Crippen molar-refractivity contribution < 1.29 is 22.8 Å². The number of piperazine rings is 1. The number of halogens is 3. The molecule has 1 saturated carbocycles. The van der Waals surface area contributed by atoms with Crippen molar-refractivity contribution >= 4 is 17.5 Å². The van der Waals surface area contributed by atoms with Gasteiger partial charge in [-0.25, -0.2) is 0 Å². The highest BCUT2D eigenvalue weighted by molar-refractivity contribution is 5.98. The van der Waals surface area contributed by atoms with Gasteiger partial charge in [0, 0.05) is 51.3 Å². The van der Waals surface area contributed by atoms with Gasteiger partial charge in [-0.05, 0) is 49.8 Å². The van der Waals surface area contributed by atoms with E-state index in [1.165, 1.54) is 11.0 Å². The molecule has 1 aromatic carbocycles. The van der Waals surface area contributed by atoms with E-state index in [9.17, 15) is 22.8 Å². The van der Waals surface area contributed by atoms with Crippen LogP contribution in [0.3, 0.4) is 0 Å². The minimum absolute atomic E-state index is 0.0138. The average Bonchev–Trinajstić information content (AvgIpc) is 3.19. The summed E-state index contributed by atoms with van der Waals surface area (Å²) in [5, 5.41) is 0. The summed E-state index contributed by atoms with van der Waals surface area (Å²) < 4.78 is 39.9. The van der Waals surface area contributed by atoms with Crippen molar-refractivity contribution in [3.63, 3.8) is 0 Å². The van der Waals surface area contributed by atoms with Crippen molar-refractivity contribution in [3.05, 3.63) is 29.8 Å². The first-order chi connectivity index (χ1) is 15.3. The smallest absolute Gasteiger partial charge is 0.368 e. The number of anilines is 1. The van der Waals surface area contributed by atoms with Crippen molar-refractivity contribution in [3.8, 4) is 0 Å². The number of nitrogens with zero attached hydrogens (tertiary/aromatic N) is 3. The molecule has 3 fully saturated rings. The van der Waals surface area contributed by atoms with Crippen LogP contribution in [0, 0.1) is 5.41 Å². The Morgan fingerprint density at radius 2 is 1.44 bits per heavy atom. The van der Waals surface area contributed by atoms with Crippen LogP contribution >= 0.6 is 0 Å². The molecule has 2 aliphatic heterocycles. The zero-order valence-corrected chi connectivity index (χ0v) is 18.5. The number of piperidine rings is 1. The van der Waals surface area contributed by atoms with E-state index < -0.39 is 11.7 Å². The van der Waals surface area contributed by atoms with Gasteiger partial charge in [0.15, 0.2) is 0 Å². The van der Waals surface area contributed by atoms with Crippen LogP contribution in [0.25, 0.3) is 0 Å². The number of carbonyl (C=O) groups is 2. The van der Waals surface area contributed by atoms with Crippen LogP contribution in [-0.4, -0.2) is 60.9 Å². The third kappa shape index (κ3) is 5.11. The summed E-state index contributed by atoms with van der Waals surface area (Å²) in [5.74, 6) is -0.0276. The number of para-hydroxylation sites is 1. The van der Waals surface area contributed by atoms with Crippen LogP contribution in [-0.2, 0) is 15.8 Å². The fourth-order valence-electron chi connectivity index (χ4n) is 5.57. The Balaban J connectivity index is 1.20. The SMILES string of the molecule is O=C1CC2(CCCC2)CC(=O)N1CCCCN1CCN(c2ccccc2C(F)(F)F)CC1. The number of unbranched alkanes of at least 4 members (excludes halogenated alkanes) is 1. The number of rotatable bonds is 6. The van der Waals surface area contributed by atoms with Crippen molar-refractivity contribution in [2.45, 2.75) is 57.5 Å². The lowest BCUT2D eigenvalue weighted by Crippen LogP contribution is -2.48. The molecular formula is C24H32F3N3O2. The summed E-state index contributed by atoms with van der Waals surface area (Å²) in [6.07, 6.45) is 2.54. The van der Waals surface area contributed by atoms with Gasteiger partial charge in [-0.1, -0.05) is 25.0 Å². The summed E-state index contributed by atoms with van der Waals surface area (Å²) >= 11 is 0. The third-order valence-electron chi connectivity index (χ3n) is 7.35. The highest BCUT2D eigenvalue weighted by Crippen LogP contribution is 2.47. The van der Waals surface area contributed by atoms with E-state index >= 15 is 0 Å². The molecule has 176 valence electrons. The minimum atomic E-state index is -4.35. The maximum Gasteiger partial charge on any atom is 0.418 e. The quantitative estimate of drug-likeness (QED) is 0.477. The van der Waals surface area contributed by atoms with E-state index in [1.54, 1.807) is 12.1 Å². The number of alkyl halides is 3. The van der Waals surface area contributed by atoms with E-state index in [-0.39, 0.29) is 22.9 Å². The minimum Gasteiger partial charge on any atom is -0.368 e. The number of benzene rings is 1. The Bertz CT molecular complexity index is 808. The molecule has 0 aromatic heterocycles. The molecule has 5 nitrogen and oxygen atoms in total. The summed E-state index contributed by atoms with van der Waals surface area (Å²) in [4.78, 5) is 30.6. The Labute approximate surface area is 187 Å². The standard InChI is InChI=1S/C24H32F3N3O2/c25-24(26,27)19-7-1-2-8-20(19)29-15-13-28(14-16-29)11-5-6-12-30-21(31)17-23(18-22(30)32)9-3-4-10-23/h1-2,7-8H,3-6,9-18H2. The van der Waals surface area contributed by atoms with Gasteiger partial charge in [-0.15, -0.1) is 0 Å². The topological polar surface area (TPSA) is 43.9 Å². The number of imide groups is 1. The zero-order valence-electron chi connectivity index (χ0n) is 18.5. The van der Waals surface area contributed by atoms with Crippen LogP contribution in [0.15, 0.2) is 24.3 Å². The van der Waals surface area contributed by atoms with E-state index in [0.29, 0.717) is 45.6 Å². The molecular weight excluding hydrogens is 419 g/mol. The van der Waals surface area contributed by atoms with Crippen molar-refractivity contribution in [1.29, 1.82) is 0 Å². The predicted molar refractivity (Wildman–Crippen MR) is 116 cm³/mol. The molecule has 3 aliphatic rings. The van der Waals surface area contributed by atoms with Gasteiger partial charge in [0.1, 0.15) is 0 Å². The van der Waals surface area contributed by atoms with Gasteiger partial charge >= 0.3 is 6.18 Å². The number of amides is 2. The van der Waals surface area contributed by atoms with Gasteiger partial charge in [0.2, 0.25) is 11.8 Å². The monoisotopic (exact) mass is 451 g/mol. The largest absolute Gasteiger partial charge is 0.418 e. The first kappa shape index (κ1) is 23.1. The van der Waals surface area contributed by atoms with E-state index in [1.807, 2.05) is 4.90 Å². The van der Waals surface area contributed by atoms with E-state index in [4.69, 9.17) is 0 Å². The molecule has 1 spiro atoms. The van der Waals surface area contributed by atoms with Crippen LogP contribution in [0.4, 0.5) is 18.9 Å². The molecule has 2 amide bonds.